The minimum absolute atomic E-state index is 0. The SMILES string of the molecule is O=c1sc2cc([S-])c([S-])cc2s1.[Ni+2].c1ccc(P(CCP(c2ccccc2)c2ccccc2)c2ccccc2)cc1. The molecule has 0 spiro atoms. The molecule has 0 N–H and O–H groups in total. The first-order chi connectivity index (χ1) is 19.6. The van der Waals surface area contributed by atoms with Gasteiger partial charge in [-0.25, -0.2) is 0 Å². The van der Waals surface area contributed by atoms with E-state index in [-0.39, 0.29) is 36.4 Å². The molecule has 0 saturated heterocycles. The predicted molar refractivity (Wildman–Crippen MR) is 185 cm³/mol. The van der Waals surface area contributed by atoms with Gasteiger partial charge in [-0.05, 0) is 49.4 Å². The Hall–Kier alpha value is -2.00. The van der Waals surface area contributed by atoms with Crippen LogP contribution in [0.1, 0.15) is 0 Å². The van der Waals surface area contributed by atoms with E-state index >= 15 is 0 Å². The monoisotopic (exact) mass is 686 g/mol. The average molecular weight is 687 g/mol. The third kappa shape index (κ3) is 8.76. The van der Waals surface area contributed by atoms with Crippen molar-refractivity contribution in [1.29, 1.82) is 0 Å². The topological polar surface area (TPSA) is 17.1 Å². The van der Waals surface area contributed by atoms with Crippen LogP contribution in [0, 0.1) is 0 Å². The van der Waals surface area contributed by atoms with E-state index in [4.69, 9.17) is 25.3 Å². The Bertz CT molecular complexity index is 1490. The summed E-state index contributed by atoms with van der Waals surface area (Å²) in [5.41, 5.74) is 0. The summed E-state index contributed by atoms with van der Waals surface area (Å²) in [5.74, 6) is 0. The zero-order chi connectivity index (χ0) is 27.7. The van der Waals surface area contributed by atoms with Crippen molar-refractivity contribution in [2.45, 2.75) is 9.79 Å². The summed E-state index contributed by atoms with van der Waals surface area (Å²) in [6, 6.07) is 47.8. The Kier molecular flexibility index (Phi) is 12.5. The number of hydrogen-bond donors (Lipinski definition) is 0. The third-order valence-corrected chi connectivity index (χ3v) is 14.5. The van der Waals surface area contributed by atoms with E-state index in [2.05, 4.69) is 121 Å². The number of fused-ring (bicyclic) bond motifs is 1. The smallest absolute Gasteiger partial charge is 0.781 e. The van der Waals surface area contributed by atoms with Crippen LogP contribution in [0.4, 0.5) is 0 Å². The molecule has 41 heavy (non-hydrogen) atoms. The molecule has 0 amide bonds. The molecule has 6 rings (SSSR count). The first-order valence-corrected chi connectivity index (χ1v) is 18.3. The Morgan fingerprint density at radius 3 is 1.02 bits per heavy atom. The standard InChI is InChI=1S/C26H24P2.C7H4OS4.Ni/c1-5-13-23(14-6-1)27(24-15-7-2-8-16-24)21-22-28(25-17-9-3-10-18-25)26-19-11-4-12-20-26;8-7-11-5-1-3(9)4(10)2-6(5)12-7;/h1-20H,21-22H2;1-2,9-10H;/q;;+2/p-2. The molecular formula is C33H26NiOP2S4. The molecule has 0 unspecified atom stereocenters. The fourth-order valence-electron chi connectivity index (χ4n) is 4.33. The van der Waals surface area contributed by atoms with Gasteiger partial charge < -0.3 is 25.3 Å². The maximum Gasteiger partial charge on any atom is 2.00 e. The molecule has 0 atom stereocenters. The zero-order valence-corrected chi connectivity index (χ0v) is 27.9. The van der Waals surface area contributed by atoms with Crippen molar-refractivity contribution in [2.75, 3.05) is 12.3 Å². The van der Waals surface area contributed by atoms with Gasteiger partial charge in [-0.15, -0.1) is 0 Å². The largest absolute Gasteiger partial charge is 2.00 e. The number of rotatable bonds is 7. The van der Waals surface area contributed by atoms with Gasteiger partial charge in [0.2, 0.25) is 0 Å². The van der Waals surface area contributed by atoms with Gasteiger partial charge in [0.1, 0.15) is 0 Å². The molecule has 1 nitrogen and oxygen atoms in total. The zero-order valence-electron chi connectivity index (χ0n) is 21.9. The van der Waals surface area contributed by atoms with Crippen LogP contribution in [0.2, 0.25) is 0 Å². The van der Waals surface area contributed by atoms with Crippen molar-refractivity contribution in [3.8, 4) is 0 Å². The Balaban J connectivity index is 0.000000249. The summed E-state index contributed by atoms with van der Waals surface area (Å²) in [7, 11) is -0.696. The van der Waals surface area contributed by atoms with Crippen molar-refractivity contribution >= 4 is 94.4 Å². The van der Waals surface area contributed by atoms with E-state index in [1.165, 1.54) is 56.2 Å². The van der Waals surface area contributed by atoms with E-state index in [9.17, 15) is 4.79 Å². The molecule has 1 heterocycles. The molecule has 1 aromatic heterocycles. The first-order valence-electron chi connectivity index (χ1n) is 12.8. The second kappa shape index (κ2) is 16.0. The van der Waals surface area contributed by atoms with Crippen LogP contribution in [0.3, 0.4) is 0 Å². The molecule has 208 valence electrons. The summed E-state index contributed by atoms with van der Waals surface area (Å²) < 4.78 is 1.99. The normalized spacial score (nSPS) is 10.7. The van der Waals surface area contributed by atoms with Gasteiger partial charge >= 0.3 is 16.5 Å². The second-order valence-corrected chi connectivity index (χ2v) is 16.7. The van der Waals surface area contributed by atoms with Crippen LogP contribution < -0.4 is 25.3 Å². The summed E-state index contributed by atoms with van der Waals surface area (Å²) in [5, 5.41) is 5.89. The van der Waals surface area contributed by atoms with Gasteiger partial charge in [0.05, 0.1) is 0 Å². The summed E-state index contributed by atoms with van der Waals surface area (Å²) >= 11 is 12.4. The molecule has 6 aromatic rings. The molecular weight excluding hydrogens is 661 g/mol. The molecule has 0 aliphatic rings. The van der Waals surface area contributed by atoms with Gasteiger partial charge in [0.25, 0.3) is 4.06 Å². The van der Waals surface area contributed by atoms with Crippen LogP contribution in [0.25, 0.3) is 9.40 Å². The van der Waals surface area contributed by atoms with E-state index in [0.29, 0.717) is 9.79 Å². The molecule has 0 aliphatic heterocycles. The van der Waals surface area contributed by atoms with Crippen molar-refractivity contribution in [2.24, 2.45) is 0 Å². The molecule has 8 heteroatoms. The van der Waals surface area contributed by atoms with Gasteiger partial charge in [-0.2, -0.15) is 9.79 Å². The minimum Gasteiger partial charge on any atom is -0.781 e. The van der Waals surface area contributed by atoms with Crippen LogP contribution in [-0.4, -0.2) is 12.3 Å². The van der Waals surface area contributed by atoms with Crippen molar-refractivity contribution in [3.05, 3.63) is 142 Å². The van der Waals surface area contributed by atoms with Crippen molar-refractivity contribution in [3.63, 3.8) is 0 Å². The Morgan fingerprint density at radius 1 is 0.488 bits per heavy atom. The maximum atomic E-state index is 11.0. The number of hydrogen-bond acceptors (Lipinski definition) is 5. The molecule has 0 saturated carbocycles. The van der Waals surface area contributed by atoms with E-state index in [0.717, 1.165) is 9.40 Å². The molecule has 5 aromatic carbocycles. The second-order valence-electron chi connectivity index (χ2n) is 8.85. The van der Waals surface area contributed by atoms with Gasteiger partial charge in [-0.1, -0.05) is 156 Å². The molecule has 0 aliphatic carbocycles. The van der Waals surface area contributed by atoms with Gasteiger partial charge in [-0.3, -0.25) is 4.79 Å². The van der Waals surface area contributed by atoms with Gasteiger partial charge in [0, 0.05) is 9.40 Å². The summed E-state index contributed by atoms with van der Waals surface area (Å²) in [6.07, 6.45) is 2.41. The fourth-order valence-corrected chi connectivity index (χ4v) is 12.2. The van der Waals surface area contributed by atoms with Crippen molar-refractivity contribution < 1.29 is 16.5 Å². The summed E-state index contributed by atoms with van der Waals surface area (Å²) in [6.45, 7) is 0. The first kappa shape index (κ1) is 31.9. The van der Waals surface area contributed by atoms with E-state index < -0.39 is 0 Å². The van der Waals surface area contributed by atoms with E-state index in [1.807, 2.05) is 0 Å². The van der Waals surface area contributed by atoms with Crippen LogP contribution in [-0.2, 0) is 41.7 Å². The minimum atomic E-state index is -0.348. The van der Waals surface area contributed by atoms with Crippen molar-refractivity contribution in [1.82, 2.24) is 0 Å². The predicted octanol–water partition coefficient (Wildman–Crippen LogP) is 7.38. The number of benzene rings is 5. The molecule has 0 bridgehead atoms. The van der Waals surface area contributed by atoms with Gasteiger partial charge in [0.15, 0.2) is 0 Å². The fraction of sp³-hybridized carbons (Fsp3) is 0.0606. The maximum absolute atomic E-state index is 11.0. The van der Waals surface area contributed by atoms with Crippen LogP contribution in [0.5, 0.6) is 0 Å². The third-order valence-electron chi connectivity index (χ3n) is 6.22. The molecule has 0 radical (unpaired) electrons. The van der Waals surface area contributed by atoms with E-state index in [1.54, 1.807) is 12.1 Å². The van der Waals surface area contributed by atoms with Crippen LogP contribution in [0.15, 0.2) is 148 Å². The molecule has 0 fully saturated rings. The summed E-state index contributed by atoms with van der Waals surface area (Å²) in [4.78, 5) is 12.3. The average Bonchev–Trinajstić information content (AvgIpc) is 3.36. The quantitative estimate of drug-likeness (QED) is 0.0991. The van der Waals surface area contributed by atoms with Crippen LogP contribution >= 0.6 is 38.5 Å². The Morgan fingerprint density at radius 2 is 0.756 bits per heavy atom. The Labute approximate surface area is 273 Å².